The van der Waals surface area contributed by atoms with Gasteiger partial charge in [0.05, 0.1) is 0 Å². The van der Waals surface area contributed by atoms with Crippen LogP contribution in [0.1, 0.15) is 6.92 Å². The van der Waals surface area contributed by atoms with Crippen molar-refractivity contribution in [2.75, 3.05) is 0 Å². The lowest BCUT2D eigenvalue weighted by molar-refractivity contribution is -0.201. The normalized spacial score (nSPS) is 13.4. The van der Waals surface area contributed by atoms with Crippen molar-refractivity contribution in [3.05, 3.63) is 0 Å². The van der Waals surface area contributed by atoms with Gasteiger partial charge in [0.1, 0.15) is 6.07 Å². The van der Waals surface area contributed by atoms with Crippen molar-refractivity contribution in [2.24, 2.45) is 0 Å². The van der Waals surface area contributed by atoms with E-state index in [2.05, 4.69) is 4.74 Å². The van der Waals surface area contributed by atoms with Gasteiger partial charge in [0.2, 0.25) is 0 Å². The summed E-state index contributed by atoms with van der Waals surface area (Å²) in [6, 6.07) is 1.32. The predicted molar refractivity (Wildman–Crippen MR) is 27.2 cm³/mol. The van der Waals surface area contributed by atoms with E-state index in [4.69, 9.17) is 5.26 Å². The fourth-order valence-corrected chi connectivity index (χ4v) is 0.254. The number of esters is 1. The van der Waals surface area contributed by atoms with Crippen LogP contribution in [0.3, 0.4) is 0 Å². The van der Waals surface area contributed by atoms with E-state index in [9.17, 15) is 18.0 Å². The van der Waals surface area contributed by atoms with Gasteiger partial charge in [-0.2, -0.15) is 18.4 Å². The van der Waals surface area contributed by atoms with Crippen LogP contribution < -0.4 is 0 Å². The van der Waals surface area contributed by atoms with E-state index in [1.165, 1.54) is 6.07 Å². The second-order valence-electron chi connectivity index (χ2n) is 1.67. The monoisotopic (exact) mass is 167 g/mol. The molecule has 0 radical (unpaired) electrons. The molecule has 0 N–H and O–H groups in total. The number of alkyl halides is 3. The average molecular weight is 167 g/mol. The second kappa shape index (κ2) is 3.23. The number of ether oxygens (including phenoxy) is 1. The first-order chi connectivity index (χ1) is 4.88. The summed E-state index contributed by atoms with van der Waals surface area (Å²) < 4.78 is 37.7. The molecule has 0 spiro atoms. The molecule has 0 fully saturated rings. The maximum atomic E-state index is 11.4. The van der Waals surface area contributed by atoms with Gasteiger partial charge in [-0.15, -0.1) is 0 Å². The third-order valence-corrected chi connectivity index (χ3v) is 0.697. The third kappa shape index (κ3) is 3.45. The summed E-state index contributed by atoms with van der Waals surface area (Å²) >= 11 is 0. The van der Waals surface area contributed by atoms with Crippen molar-refractivity contribution in [2.45, 2.75) is 19.2 Å². The molecule has 1 unspecified atom stereocenters. The minimum Gasteiger partial charge on any atom is -0.441 e. The summed E-state index contributed by atoms with van der Waals surface area (Å²) in [5.74, 6) is -2.34. The molecule has 0 rings (SSSR count). The zero-order chi connectivity index (χ0) is 9.07. The summed E-state index contributed by atoms with van der Waals surface area (Å²) in [5, 5.41) is 7.95. The quantitative estimate of drug-likeness (QED) is 0.547. The van der Waals surface area contributed by atoms with Crippen molar-refractivity contribution in [1.29, 1.82) is 5.26 Å². The maximum Gasteiger partial charge on any atom is 0.490 e. The first-order valence-corrected chi connectivity index (χ1v) is 2.55. The number of hydrogen-bond acceptors (Lipinski definition) is 3. The Hall–Kier alpha value is -1.25. The van der Waals surface area contributed by atoms with E-state index in [1.807, 2.05) is 0 Å². The molecule has 0 aromatic carbocycles. The predicted octanol–water partition coefficient (Wildman–Crippen LogP) is 1.00. The zero-order valence-corrected chi connectivity index (χ0v) is 5.47. The van der Waals surface area contributed by atoms with Gasteiger partial charge in [0.15, 0.2) is 6.10 Å². The molecule has 0 saturated carbocycles. The highest BCUT2D eigenvalue weighted by Crippen LogP contribution is 2.17. The highest BCUT2D eigenvalue weighted by Gasteiger charge is 2.41. The van der Waals surface area contributed by atoms with Gasteiger partial charge < -0.3 is 4.74 Å². The molecule has 0 bridgehead atoms. The van der Waals surface area contributed by atoms with Gasteiger partial charge in [-0.1, -0.05) is 0 Å². The lowest BCUT2D eigenvalue weighted by Crippen LogP contribution is -2.28. The van der Waals surface area contributed by atoms with E-state index in [0.717, 1.165) is 6.92 Å². The van der Waals surface area contributed by atoms with Crippen molar-refractivity contribution >= 4 is 5.97 Å². The van der Waals surface area contributed by atoms with E-state index in [1.54, 1.807) is 0 Å². The minimum absolute atomic E-state index is 1.05. The van der Waals surface area contributed by atoms with Crippen LogP contribution in [0.4, 0.5) is 13.2 Å². The van der Waals surface area contributed by atoms with Crippen LogP contribution in [-0.4, -0.2) is 18.2 Å². The molecule has 0 amide bonds. The number of halogens is 3. The number of hydrogen-bond donors (Lipinski definition) is 0. The Morgan fingerprint density at radius 1 is 1.64 bits per heavy atom. The van der Waals surface area contributed by atoms with Crippen molar-refractivity contribution in [1.82, 2.24) is 0 Å². The molecule has 6 heteroatoms. The first-order valence-electron chi connectivity index (χ1n) is 2.55. The van der Waals surface area contributed by atoms with Crippen molar-refractivity contribution < 1.29 is 22.7 Å². The smallest absolute Gasteiger partial charge is 0.441 e. The summed E-state index contributed by atoms with van der Waals surface area (Å²) in [6.07, 6.45) is -6.39. The Morgan fingerprint density at radius 3 is 2.36 bits per heavy atom. The molecule has 3 nitrogen and oxygen atoms in total. The van der Waals surface area contributed by atoms with Gasteiger partial charge in [0.25, 0.3) is 0 Å². The molecular formula is C5H4F3NO2. The van der Waals surface area contributed by atoms with Crippen LogP contribution >= 0.6 is 0 Å². The third-order valence-electron chi connectivity index (χ3n) is 0.697. The molecule has 1 atom stereocenters. The number of nitriles is 1. The largest absolute Gasteiger partial charge is 0.490 e. The van der Waals surface area contributed by atoms with Crippen LogP contribution in [0.2, 0.25) is 0 Å². The van der Waals surface area contributed by atoms with Gasteiger partial charge in [-0.3, -0.25) is 0 Å². The van der Waals surface area contributed by atoms with Crippen LogP contribution in [0, 0.1) is 11.3 Å². The molecule has 62 valence electrons. The van der Waals surface area contributed by atoms with Crippen LogP contribution in [0.25, 0.3) is 0 Å². The molecule has 0 saturated heterocycles. The van der Waals surface area contributed by atoms with Crippen molar-refractivity contribution in [3.8, 4) is 6.07 Å². The van der Waals surface area contributed by atoms with E-state index in [0.29, 0.717) is 0 Å². The Balaban J connectivity index is 4.01. The fraction of sp³-hybridized carbons (Fsp3) is 0.600. The van der Waals surface area contributed by atoms with Gasteiger partial charge in [0, 0.05) is 0 Å². The minimum atomic E-state index is -5.02. The van der Waals surface area contributed by atoms with E-state index in [-0.39, 0.29) is 0 Å². The summed E-state index contributed by atoms with van der Waals surface area (Å²) in [4.78, 5) is 9.94. The summed E-state index contributed by atoms with van der Waals surface area (Å²) in [7, 11) is 0. The average Bonchev–Trinajstić information content (AvgIpc) is 1.85. The molecule has 11 heavy (non-hydrogen) atoms. The first kappa shape index (κ1) is 9.75. The molecule has 0 aromatic heterocycles. The fourth-order valence-electron chi connectivity index (χ4n) is 0.254. The molecule has 0 heterocycles. The lowest BCUT2D eigenvalue weighted by atomic mass is 10.4. The standard InChI is InChI=1S/C5H4F3NO2/c1-3(2-9)11-4(10)5(6,7)8/h3H,1H3. The summed E-state index contributed by atoms with van der Waals surface area (Å²) in [6.45, 7) is 1.05. The zero-order valence-electron chi connectivity index (χ0n) is 5.47. The number of rotatable bonds is 1. The van der Waals surface area contributed by atoms with Crippen molar-refractivity contribution in [3.63, 3.8) is 0 Å². The number of carbonyl (C=O) groups is 1. The number of carbonyl (C=O) groups excluding carboxylic acids is 1. The Labute approximate surface area is 60.4 Å². The molecular weight excluding hydrogens is 163 g/mol. The van der Waals surface area contributed by atoms with E-state index < -0.39 is 18.2 Å². The SMILES string of the molecule is CC(C#N)OC(=O)C(F)(F)F. The van der Waals surface area contributed by atoms with E-state index >= 15 is 0 Å². The van der Waals surface area contributed by atoms with Gasteiger partial charge in [-0.25, -0.2) is 4.79 Å². The number of nitrogens with zero attached hydrogens (tertiary/aromatic N) is 1. The highest BCUT2D eigenvalue weighted by atomic mass is 19.4. The lowest BCUT2D eigenvalue weighted by Gasteiger charge is -2.07. The Kier molecular flexibility index (Phi) is 2.87. The molecule has 0 aliphatic carbocycles. The molecule has 0 aliphatic rings. The van der Waals surface area contributed by atoms with Crippen LogP contribution in [0.5, 0.6) is 0 Å². The highest BCUT2D eigenvalue weighted by molar-refractivity contribution is 5.75. The van der Waals surface area contributed by atoms with Gasteiger partial charge in [-0.05, 0) is 6.92 Å². The molecule has 0 aliphatic heterocycles. The Morgan fingerprint density at radius 2 is 2.09 bits per heavy atom. The topological polar surface area (TPSA) is 50.1 Å². The Bertz CT molecular complexity index is 193. The second-order valence-corrected chi connectivity index (χ2v) is 1.67. The van der Waals surface area contributed by atoms with Crippen LogP contribution in [0.15, 0.2) is 0 Å². The molecule has 0 aromatic rings. The summed E-state index contributed by atoms with van der Waals surface area (Å²) in [5.41, 5.74) is 0. The van der Waals surface area contributed by atoms with Crippen LogP contribution in [-0.2, 0) is 9.53 Å². The van der Waals surface area contributed by atoms with Gasteiger partial charge >= 0.3 is 12.1 Å². The maximum absolute atomic E-state index is 11.4.